The van der Waals surface area contributed by atoms with Crippen LogP contribution in [0.5, 0.6) is 0 Å². The minimum Gasteiger partial charge on any atom is -0.339 e. The van der Waals surface area contributed by atoms with Gasteiger partial charge >= 0.3 is 0 Å². The van der Waals surface area contributed by atoms with Gasteiger partial charge in [-0.1, -0.05) is 0 Å². The third-order valence-corrected chi connectivity index (χ3v) is 4.24. The van der Waals surface area contributed by atoms with E-state index >= 15 is 0 Å². The van der Waals surface area contributed by atoms with Crippen molar-refractivity contribution >= 4 is 34.2 Å². The molecule has 0 unspecified atom stereocenters. The number of rotatable bonds is 3. The Labute approximate surface area is 133 Å². The zero-order chi connectivity index (χ0) is 13.8. The third-order valence-electron chi connectivity index (χ3n) is 3.55. The minimum atomic E-state index is -0.378. The Balaban J connectivity index is 0.00000200. The maximum atomic E-state index is 13.2. The van der Waals surface area contributed by atoms with E-state index < -0.39 is 0 Å². The minimum absolute atomic E-state index is 0. The molecule has 1 heterocycles. The van der Waals surface area contributed by atoms with Gasteiger partial charge in [-0.05, 0) is 66.5 Å². The van der Waals surface area contributed by atoms with Crippen LogP contribution in [0.1, 0.15) is 23.2 Å². The molecule has 0 aromatic heterocycles. The first kappa shape index (κ1) is 17.4. The Bertz CT molecular complexity index is 464. The molecule has 0 radical (unpaired) electrons. The van der Waals surface area contributed by atoms with Gasteiger partial charge in [-0.2, -0.15) is 0 Å². The van der Waals surface area contributed by atoms with Crippen molar-refractivity contribution in [1.29, 1.82) is 0 Å². The summed E-state index contributed by atoms with van der Waals surface area (Å²) < 4.78 is 13.9. The lowest BCUT2D eigenvalue weighted by Crippen LogP contribution is -2.40. The van der Waals surface area contributed by atoms with Crippen molar-refractivity contribution in [3.05, 3.63) is 34.1 Å². The average Bonchev–Trinajstić information content (AvgIpc) is 2.42. The Hall–Kier alpha value is -0.650. The van der Waals surface area contributed by atoms with Crippen LogP contribution in [0.3, 0.4) is 0 Å². The van der Waals surface area contributed by atoms with Gasteiger partial charge in [0, 0.05) is 17.6 Å². The van der Waals surface area contributed by atoms with Gasteiger partial charge in [0.2, 0.25) is 0 Å². The van der Waals surface area contributed by atoms with Crippen LogP contribution in [0.15, 0.2) is 22.7 Å². The zero-order valence-electron chi connectivity index (χ0n) is 11.4. The summed E-state index contributed by atoms with van der Waals surface area (Å²) in [5, 5.41) is 3.17. The number of benzene rings is 1. The number of likely N-dealkylation sites (tertiary alicyclic amines) is 1. The van der Waals surface area contributed by atoms with Gasteiger partial charge in [-0.3, -0.25) is 4.79 Å². The molecule has 1 aromatic rings. The van der Waals surface area contributed by atoms with Crippen molar-refractivity contribution in [2.75, 3.05) is 26.7 Å². The number of amides is 1. The van der Waals surface area contributed by atoms with Crippen molar-refractivity contribution in [3.63, 3.8) is 0 Å². The predicted molar refractivity (Wildman–Crippen MR) is 83.9 cm³/mol. The fourth-order valence-electron chi connectivity index (χ4n) is 2.46. The number of nitrogens with one attached hydrogen (secondary N) is 1. The van der Waals surface area contributed by atoms with Gasteiger partial charge < -0.3 is 10.2 Å². The van der Waals surface area contributed by atoms with Gasteiger partial charge in [0.15, 0.2) is 0 Å². The molecule has 1 aliphatic rings. The number of halogens is 3. The molecule has 1 saturated heterocycles. The molecule has 0 saturated carbocycles. The van der Waals surface area contributed by atoms with Crippen LogP contribution in [0.2, 0.25) is 0 Å². The molecule has 20 heavy (non-hydrogen) atoms. The van der Waals surface area contributed by atoms with Crippen LogP contribution >= 0.6 is 28.3 Å². The Morgan fingerprint density at radius 1 is 1.45 bits per heavy atom. The first-order valence-electron chi connectivity index (χ1n) is 6.50. The molecule has 6 heteroatoms. The van der Waals surface area contributed by atoms with E-state index in [1.165, 1.54) is 12.1 Å². The highest BCUT2D eigenvalue weighted by molar-refractivity contribution is 9.10. The fraction of sp³-hybridized carbons (Fsp3) is 0.500. The molecule has 0 aliphatic carbocycles. The molecule has 1 aliphatic heterocycles. The van der Waals surface area contributed by atoms with E-state index in [2.05, 4.69) is 21.2 Å². The molecule has 1 aromatic carbocycles. The van der Waals surface area contributed by atoms with Crippen molar-refractivity contribution in [2.45, 2.75) is 12.8 Å². The topological polar surface area (TPSA) is 32.3 Å². The molecule has 0 atom stereocenters. The first-order valence-corrected chi connectivity index (χ1v) is 7.30. The highest BCUT2D eigenvalue weighted by Crippen LogP contribution is 2.23. The number of hydrogen-bond acceptors (Lipinski definition) is 2. The summed E-state index contributed by atoms with van der Waals surface area (Å²) >= 11 is 3.31. The predicted octanol–water partition coefficient (Wildman–Crippen LogP) is 3.08. The second-order valence-corrected chi connectivity index (χ2v) is 5.77. The van der Waals surface area contributed by atoms with Crippen LogP contribution in [0, 0.1) is 11.7 Å². The summed E-state index contributed by atoms with van der Waals surface area (Å²) in [6.45, 7) is 2.48. The summed E-state index contributed by atoms with van der Waals surface area (Å²) in [4.78, 5) is 14.2. The van der Waals surface area contributed by atoms with Crippen LogP contribution in [-0.4, -0.2) is 37.5 Å². The maximum Gasteiger partial charge on any atom is 0.255 e. The summed E-state index contributed by atoms with van der Waals surface area (Å²) in [6, 6.07) is 4.22. The van der Waals surface area contributed by atoms with Gasteiger partial charge in [0.05, 0.1) is 5.56 Å². The van der Waals surface area contributed by atoms with E-state index in [-0.39, 0.29) is 24.1 Å². The number of hydrogen-bond donors (Lipinski definition) is 1. The van der Waals surface area contributed by atoms with Gasteiger partial charge in [0.25, 0.3) is 5.91 Å². The van der Waals surface area contributed by atoms with Gasteiger partial charge in [-0.25, -0.2) is 4.39 Å². The molecule has 1 fully saturated rings. The molecule has 0 spiro atoms. The fourth-order valence-corrected chi connectivity index (χ4v) is 2.88. The first-order chi connectivity index (χ1) is 9.11. The van der Waals surface area contributed by atoms with Crippen molar-refractivity contribution in [2.24, 2.45) is 5.92 Å². The van der Waals surface area contributed by atoms with E-state index in [0.29, 0.717) is 16.0 Å². The van der Waals surface area contributed by atoms with Crippen molar-refractivity contribution in [1.82, 2.24) is 10.2 Å². The number of carbonyl (C=O) groups excluding carboxylic acids is 1. The monoisotopic (exact) mass is 364 g/mol. The maximum absolute atomic E-state index is 13.2. The number of nitrogens with zero attached hydrogens (tertiary/aromatic N) is 1. The molecule has 1 N–H and O–H groups in total. The van der Waals surface area contributed by atoms with Gasteiger partial charge in [-0.15, -0.1) is 12.4 Å². The van der Waals surface area contributed by atoms with Crippen molar-refractivity contribution < 1.29 is 9.18 Å². The van der Waals surface area contributed by atoms with Crippen LogP contribution < -0.4 is 5.32 Å². The SMILES string of the molecule is CNCC1CCN(C(=O)c2cc(F)ccc2Br)CC1.Cl. The van der Waals surface area contributed by atoms with E-state index in [1.54, 1.807) is 6.07 Å². The second kappa shape index (κ2) is 7.96. The normalized spacial score (nSPS) is 15.8. The Morgan fingerprint density at radius 3 is 2.70 bits per heavy atom. The van der Waals surface area contributed by atoms with E-state index in [9.17, 15) is 9.18 Å². The molecule has 3 nitrogen and oxygen atoms in total. The largest absolute Gasteiger partial charge is 0.339 e. The second-order valence-electron chi connectivity index (χ2n) is 4.92. The highest BCUT2D eigenvalue weighted by Gasteiger charge is 2.24. The quantitative estimate of drug-likeness (QED) is 0.893. The van der Waals surface area contributed by atoms with Crippen molar-refractivity contribution in [3.8, 4) is 0 Å². The van der Waals surface area contributed by atoms with Gasteiger partial charge in [0.1, 0.15) is 5.82 Å². The summed E-state index contributed by atoms with van der Waals surface area (Å²) in [5.74, 6) is 0.163. The van der Waals surface area contributed by atoms with E-state index in [4.69, 9.17) is 0 Å². The molecule has 0 bridgehead atoms. The van der Waals surface area contributed by atoms with E-state index in [0.717, 1.165) is 32.5 Å². The molecular weight excluding hydrogens is 347 g/mol. The third kappa shape index (κ3) is 4.17. The number of piperidine rings is 1. The summed E-state index contributed by atoms with van der Waals surface area (Å²) in [5.41, 5.74) is 0.409. The molecule has 2 rings (SSSR count). The highest BCUT2D eigenvalue weighted by atomic mass is 79.9. The average molecular weight is 366 g/mol. The van der Waals surface area contributed by atoms with Crippen LogP contribution in [-0.2, 0) is 0 Å². The van der Waals surface area contributed by atoms with Crippen LogP contribution in [0.25, 0.3) is 0 Å². The summed E-state index contributed by atoms with van der Waals surface area (Å²) in [6.07, 6.45) is 2.00. The molecule has 1 amide bonds. The zero-order valence-corrected chi connectivity index (χ0v) is 13.8. The number of carbonyl (C=O) groups is 1. The molecule has 112 valence electrons. The summed E-state index contributed by atoms with van der Waals surface area (Å²) in [7, 11) is 1.95. The standard InChI is InChI=1S/C14H18BrFN2O.ClH/c1-17-9-10-4-6-18(7-5-10)14(19)12-8-11(16)2-3-13(12)15;/h2-3,8,10,17H,4-7,9H2,1H3;1H. The Kier molecular flexibility index (Phi) is 6.92. The Morgan fingerprint density at radius 2 is 2.10 bits per heavy atom. The lowest BCUT2D eigenvalue weighted by atomic mass is 9.96. The lowest BCUT2D eigenvalue weighted by molar-refractivity contribution is 0.0689. The molecular formula is C14H19BrClFN2O. The smallest absolute Gasteiger partial charge is 0.255 e. The van der Waals surface area contributed by atoms with E-state index in [1.807, 2.05) is 11.9 Å². The van der Waals surface area contributed by atoms with Crippen LogP contribution in [0.4, 0.5) is 4.39 Å². The lowest BCUT2D eigenvalue weighted by Gasteiger charge is -2.32.